The lowest BCUT2D eigenvalue weighted by atomic mass is 9.95. The molecule has 2 aliphatic rings. The molecular weight excluding hydrogens is 395 g/mol. The number of aliphatic imine (C=N–C) groups is 2. The monoisotopic (exact) mass is 439 g/mol. The first-order valence-electron chi connectivity index (χ1n) is 12.5. The standard InChI is InChI=1S/C24H44N2O3P/c1-5-21(25-19-15-11-9-12-16-19)23(7-3)28-30(27)29-24(8-4)22(6-2)26-20-17-13-10-14-18-20/h19-20,23-24H,5-18H2,1-4H3/q+1. The van der Waals surface area contributed by atoms with Crippen LogP contribution in [0.4, 0.5) is 0 Å². The van der Waals surface area contributed by atoms with E-state index in [0.29, 0.717) is 12.1 Å². The molecule has 5 nitrogen and oxygen atoms in total. The van der Waals surface area contributed by atoms with Gasteiger partial charge in [0.25, 0.3) is 0 Å². The third-order valence-electron chi connectivity index (χ3n) is 6.48. The quantitative estimate of drug-likeness (QED) is 0.232. The van der Waals surface area contributed by atoms with Gasteiger partial charge in [0, 0.05) is 28.1 Å². The minimum absolute atomic E-state index is 0.224. The zero-order valence-electron chi connectivity index (χ0n) is 19.8. The van der Waals surface area contributed by atoms with Crippen LogP contribution < -0.4 is 0 Å². The zero-order chi connectivity index (χ0) is 21.8. The minimum atomic E-state index is -2.21. The summed E-state index contributed by atoms with van der Waals surface area (Å²) in [7, 11) is -2.21. The Bertz CT molecular complexity index is 519. The van der Waals surface area contributed by atoms with Crippen molar-refractivity contribution < 1.29 is 13.6 Å². The SMILES string of the molecule is CCC(=NC1CCCCC1)C(CC)O[P+](=O)OC(CC)C(CC)=NC1CCCCC1. The van der Waals surface area contributed by atoms with Crippen molar-refractivity contribution in [2.75, 3.05) is 0 Å². The molecule has 6 heteroatoms. The first kappa shape index (κ1) is 25.6. The Kier molecular flexibility index (Phi) is 12.3. The van der Waals surface area contributed by atoms with Crippen LogP contribution in [0.15, 0.2) is 9.98 Å². The lowest BCUT2D eigenvalue weighted by molar-refractivity contribution is 0.177. The maximum Gasteiger partial charge on any atom is 0.698 e. The van der Waals surface area contributed by atoms with Gasteiger partial charge < -0.3 is 0 Å². The van der Waals surface area contributed by atoms with E-state index >= 15 is 0 Å². The second kappa shape index (κ2) is 14.4. The molecule has 0 saturated heterocycles. The molecule has 0 aromatic rings. The molecule has 0 amide bonds. The fourth-order valence-electron chi connectivity index (χ4n) is 4.67. The van der Waals surface area contributed by atoms with E-state index < -0.39 is 8.25 Å². The predicted octanol–water partition coefficient (Wildman–Crippen LogP) is 7.60. The predicted molar refractivity (Wildman–Crippen MR) is 127 cm³/mol. The first-order valence-corrected chi connectivity index (χ1v) is 13.6. The molecule has 0 bridgehead atoms. The van der Waals surface area contributed by atoms with E-state index in [2.05, 4.69) is 27.7 Å². The lowest BCUT2D eigenvalue weighted by Crippen LogP contribution is -2.26. The Hall–Kier alpha value is -0.640. The minimum Gasteiger partial charge on any atom is -0.288 e. The lowest BCUT2D eigenvalue weighted by Gasteiger charge is -2.21. The van der Waals surface area contributed by atoms with Gasteiger partial charge in [-0.3, -0.25) is 9.98 Å². The highest BCUT2D eigenvalue weighted by Crippen LogP contribution is 2.33. The van der Waals surface area contributed by atoms with Crippen LogP contribution in [0, 0.1) is 0 Å². The second-order valence-corrected chi connectivity index (χ2v) is 9.63. The van der Waals surface area contributed by atoms with E-state index in [1.54, 1.807) is 0 Å². The summed E-state index contributed by atoms with van der Waals surface area (Å²) in [5.41, 5.74) is 2.08. The van der Waals surface area contributed by atoms with Crippen LogP contribution in [0.2, 0.25) is 0 Å². The van der Waals surface area contributed by atoms with Crippen LogP contribution in [0.5, 0.6) is 0 Å². The van der Waals surface area contributed by atoms with Crippen molar-refractivity contribution in [3.8, 4) is 0 Å². The van der Waals surface area contributed by atoms with Gasteiger partial charge in [0.05, 0.1) is 0 Å². The van der Waals surface area contributed by atoms with E-state index in [0.717, 1.165) is 62.8 Å². The molecule has 0 radical (unpaired) electrons. The van der Waals surface area contributed by atoms with E-state index in [-0.39, 0.29) is 12.2 Å². The fourth-order valence-corrected chi connectivity index (χ4v) is 5.67. The Morgan fingerprint density at radius 3 is 1.40 bits per heavy atom. The molecule has 2 rings (SSSR count). The molecule has 2 aliphatic carbocycles. The van der Waals surface area contributed by atoms with Crippen molar-refractivity contribution in [1.82, 2.24) is 0 Å². The normalized spacial score (nSPS) is 22.7. The first-order chi connectivity index (χ1) is 14.6. The molecule has 0 aromatic heterocycles. The van der Waals surface area contributed by atoms with Gasteiger partial charge in [-0.05, 0) is 51.4 Å². The smallest absolute Gasteiger partial charge is 0.288 e. The highest BCUT2D eigenvalue weighted by atomic mass is 31.1. The number of rotatable bonds is 12. The summed E-state index contributed by atoms with van der Waals surface area (Å²) in [5, 5.41) is 0. The molecule has 0 heterocycles. The van der Waals surface area contributed by atoms with Crippen LogP contribution in [0.1, 0.15) is 118 Å². The van der Waals surface area contributed by atoms with Crippen molar-refractivity contribution in [1.29, 1.82) is 0 Å². The summed E-state index contributed by atoms with van der Waals surface area (Å²) in [6, 6.07) is 0.811. The average Bonchev–Trinajstić information content (AvgIpc) is 2.79. The summed E-state index contributed by atoms with van der Waals surface area (Å²) in [6.45, 7) is 8.36. The Balaban J connectivity index is 1.98. The molecule has 2 atom stereocenters. The Labute approximate surface area is 185 Å². The number of hydrogen-bond donors (Lipinski definition) is 0. The van der Waals surface area contributed by atoms with Crippen LogP contribution in [0.3, 0.4) is 0 Å². The summed E-state index contributed by atoms with van der Waals surface area (Å²) >= 11 is 0. The summed E-state index contributed by atoms with van der Waals surface area (Å²) in [4.78, 5) is 9.98. The largest absolute Gasteiger partial charge is 0.698 e. The molecular formula is C24H44N2O3P+. The highest BCUT2D eigenvalue weighted by Gasteiger charge is 2.34. The Morgan fingerprint density at radius 2 is 1.10 bits per heavy atom. The summed E-state index contributed by atoms with van der Waals surface area (Å²) < 4.78 is 24.6. The molecule has 0 aliphatic heterocycles. The maximum absolute atomic E-state index is 12.8. The third-order valence-corrected chi connectivity index (χ3v) is 7.34. The van der Waals surface area contributed by atoms with Crippen LogP contribution >= 0.6 is 8.25 Å². The highest BCUT2D eigenvalue weighted by molar-refractivity contribution is 7.33. The van der Waals surface area contributed by atoms with Gasteiger partial charge >= 0.3 is 8.25 Å². The fraction of sp³-hybridized carbons (Fsp3) is 0.917. The molecule has 172 valence electrons. The van der Waals surface area contributed by atoms with Crippen LogP contribution in [-0.2, 0) is 13.6 Å². The van der Waals surface area contributed by atoms with Crippen molar-refractivity contribution in [3.63, 3.8) is 0 Å². The average molecular weight is 440 g/mol. The molecule has 0 aromatic carbocycles. The summed E-state index contributed by atoms with van der Waals surface area (Å²) in [6.07, 6.45) is 15.1. The van der Waals surface area contributed by atoms with Crippen LogP contribution in [-0.4, -0.2) is 35.7 Å². The molecule has 30 heavy (non-hydrogen) atoms. The van der Waals surface area contributed by atoms with Gasteiger partial charge in [0.1, 0.15) is 0 Å². The zero-order valence-corrected chi connectivity index (χ0v) is 20.7. The van der Waals surface area contributed by atoms with E-state index in [1.807, 2.05) is 0 Å². The second-order valence-electron chi connectivity index (χ2n) is 8.76. The van der Waals surface area contributed by atoms with E-state index in [4.69, 9.17) is 19.0 Å². The van der Waals surface area contributed by atoms with E-state index in [9.17, 15) is 4.57 Å². The molecule has 2 unspecified atom stereocenters. The number of hydrogen-bond acceptors (Lipinski definition) is 5. The van der Waals surface area contributed by atoms with Gasteiger partial charge in [0.2, 0.25) is 0 Å². The molecule has 2 saturated carbocycles. The van der Waals surface area contributed by atoms with Crippen molar-refractivity contribution in [3.05, 3.63) is 0 Å². The topological polar surface area (TPSA) is 60.2 Å². The Morgan fingerprint density at radius 1 is 0.733 bits per heavy atom. The number of nitrogens with zero attached hydrogens (tertiary/aromatic N) is 2. The molecule has 0 N–H and O–H groups in total. The van der Waals surface area contributed by atoms with E-state index in [1.165, 1.54) is 38.5 Å². The van der Waals surface area contributed by atoms with Crippen LogP contribution in [0.25, 0.3) is 0 Å². The van der Waals surface area contributed by atoms with Gasteiger partial charge in [-0.25, -0.2) is 0 Å². The van der Waals surface area contributed by atoms with Gasteiger partial charge in [-0.15, -0.1) is 9.05 Å². The summed E-state index contributed by atoms with van der Waals surface area (Å²) in [5.74, 6) is 0. The van der Waals surface area contributed by atoms with Gasteiger partial charge in [-0.1, -0.05) is 66.2 Å². The molecule has 0 spiro atoms. The van der Waals surface area contributed by atoms with Crippen molar-refractivity contribution >= 4 is 19.7 Å². The van der Waals surface area contributed by atoms with Crippen molar-refractivity contribution in [2.24, 2.45) is 9.98 Å². The van der Waals surface area contributed by atoms with Crippen molar-refractivity contribution in [2.45, 2.75) is 142 Å². The third kappa shape index (κ3) is 8.48. The maximum atomic E-state index is 12.8. The van der Waals surface area contributed by atoms with Gasteiger partial charge in [0.15, 0.2) is 12.2 Å². The van der Waals surface area contributed by atoms with Gasteiger partial charge in [-0.2, -0.15) is 0 Å². The molecule has 2 fully saturated rings.